The second-order valence-corrected chi connectivity index (χ2v) is 5.24. The number of halogens is 1. The van der Waals surface area contributed by atoms with Crippen molar-refractivity contribution < 1.29 is 9.13 Å². The first-order chi connectivity index (χ1) is 11.2. The Morgan fingerprint density at radius 3 is 2.43 bits per heavy atom. The highest BCUT2D eigenvalue weighted by atomic mass is 19.1. The van der Waals surface area contributed by atoms with E-state index in [4.69, 9.17) is 4.74 Å². The lowest BCUT2D eigenvalue weighted by Gasteiger charge is -2.08. The molecule has 0 aliphatic carbocycles. The van der Waals surface area contributed by atoms with Gasteiger partial charge in [-0.25, -0.2) is 4.39 Å². The maximum Gasteiger partial charge on any atom is 0.251 e. The fraction of sp³-hybridized carbons (Fsp3) is 0.105. The average Bonchev–Trinajstić information content (AvgIpc) is 2.57. The molecule has 1 aromatic heterocycles. The summed E-state index contributed by atoms with van der Waals surface area (Å²) in [5, 5.41) is 0. The van der Waals surface area contributed by atoms with Crippen LogP contribution in [0.25, 0.3) is 11.1 Å². The summed E-state index contributed by atoms with van der Waals surface area (Å²) in [6.07, 6.45) is 1.73. The summed E-state index contributed by atoms with van der Waals surface area (Å²) in [5.41, 5.74) is 2.42. The molecule has 0 aliphatic heterocycles. The van der Waals surface area contributed by atoms with Crippen LogP contribution in [0.4, 0.5) is 4.39 Å². The molecule has 0 N–H and O–H groups in total. The molecule has 0 fully saturated rings. The van der Waals surface area contributed by atoms with Gasteiger partial charge in [0.1, 0.15) is 11.6 Å². The normalized spacial score (nSPS) is 10.5. The van der Waals surface area contributed by atoms with Crippen LogP contribution in [-0.4, -0.2) is 11.7 Å². The summed E-state index contributed by atoms with van der Waals surface area (Å²) in [7, 11) is 1.61. The number of pyridine rings is 1. The Labute approximate surface area is 133 Å². The molecule has 0 spiro atoms. The van der Waals surface area contributed by atoms with E-state index >= 15 is 0 Å². The molecule has 3 rings (SSSR count). The molecule has 1 heterocycles. The standard InChI is InChI=1S/C19H16FNO2/c1-23-18-7-5-15(6-8-18)16-9-10-21(19(22)12-16)13-14-3-2-4-17(20)11-14/h2-12H,13H2,1H3. The third kappa shape index (κ3) is 3.48. The maximum atomic E-state index is 13.2. The molecule has 0 unspecified atom stereocenters. The van der Waals surface area contributed by atoms with Crippen LogP contribution in [0.15, 0.2) is 71.7 Å². The van der Waals surface area contributed by atoms with E-state index in [9.17, 15) is 9.18 Å². The second kappa shape index (κ2) is 6.48. The van der Waals surface area contributed by atoms with E-state index in [0.29, 0.717) is 6.54 Å². The molecular formula is C19H16FNO2. The fourth-order valence-electron chi connectivity index (χ4n) is 2.43. The highest BCUT2D eigenvalue weighted by Gasteiger charge is 2.03. The summed E-state index contributed by atoms with van der Waals surface area (Å²) in [4.78, 5) is 12.3. The summed E-state index contributed by atoms with van der Waals surface area (Å²) in [5.74, 6) is 0.471. The summed E-state index contributed by atoms with van der Waals surface area (Å²) in [6.45, 7) is 0.347. The van der Waals surface area contributed by atoms with Gasteiger partial charge in [0.25, 0.3) is 5.56 Å². The van der Waals surface area contributed by atoms with Crippen molar-refractivity contribution in [3.8, 4) is 16.9 Å². The van der Waals surface area contributed by atoms with Gasteiger partial charge in [-0.2, -0.15) is 0 Å². The predicted octanol–water partition coefficient (Wildman–Crippen LogP) is 3.71. The van der Waals surface area contributed by atoms with Crippen molar-refractivity contribution in [2.75, 3.05) is 7.11 Å². The lowest BCUT2D eigenvalue weighted by molar-refractivity contribution is 0.415. The lowest BCUT2D eigenvalue weighted by Crippen LogP contribution is -2.19. The lowest BCUT2D eigenvalue weighted by atomic mass is 10.1. The molecule has 0 aliphatic rings. The average molecular weight is 309 g/mol. The molecule has 0 saturated carbocycles. The number of rotatable bonds is 4. The Morgan fingerprint density at radius 1 is 1.00 bits per heavy atom. The Morgan fingerprint density at radius 2 is 1.78 bits per heavy atom. The minimum absolute atomic E-state index is 0.123. The van der Waals surface area contributed by atoms with Crippen molar-refractivity contribution in [3.63, 3.8) is 0 Å². The van der Waals surface area contributed by atoms with Crippen molar-refractivity contribution in [1.82, 2.24) is 4.57 Å². The molecule has 0 amide bonds. The molecule has 3 aromatic rings. The molecule has 0 atom stereocenters. The number of hydrogen-bond donors (Lipinski definition) is 0. The van der Waals surface area contributed by atoms with Gasteiger partial charge >= 0.3 is 0 Å². The van der Waals surface area contributed by atoms with E-state index in [2.05, 4.69) is 0 Å². The first-order valence-corrected chi connectivity index (χ1v) is 7.25. The summed E-state index contributed by atoms with van der Waals surface area (Å²) in [6, 6.07) is 17.2. The quantitative estimate of drug-likeness (QED) is 0.735. The number of methoxy groups -OCH3 is 1. The van der Waals surface area contributed by atoms with E-state index < -0.39 is 0 Å². The van der Waals surface area contributed by atoms with Crippen LogP contribution in [0, 0.1) is 5.82 Å². The molecule has 2 aromatic carbocycles. The van der Waals surface area contributed by atoms with Gasteiger partial charge in [0.2, 0.25) is 0 Å². The van der Waals surface area contributed by atoms with E-state index in [1.165, 1.54) is 12.1 Å². The second-order valence-electron chi connectivity index (χ2n) is 5.24. The number of ether oxygens (including phenoxy) is 1. The SMILES string of the molecule is COc1ccc(-c2ccn(Cc3cccc(F)c3)c(=O)c2)cc1. The topological polar surface area (TPSA) is 31.2 Å². The molecule has 116 valence electrons. The van der Waals surface area contributed by atoms with Crippen LogP contribution < -0.4 is 10.3 Å². The van der Waals surface area contributed by atoms with E-state index in [0.717, 1.165) is 22.4 Å². The molecule has 0 bridgehead atoms. The van der Waals surface area contributed by atoms with Crippen molar-refractivity contribution in [1.29, 1.82) is 0 Å². The zero-order valence-corrected chi connectivity index (χ0v) is 12.7. The van der Waals surface area contributed by atoms with Gasteiger partial charge in [-0.3, -0.25) is 4.79 Å². The van der Waals surface area contributed by atoms with Gasteiger partial charge in [-0.1, -0.05) is 24.3 Å². The van der Waals surface area contributed by atoms with Crippen molar-refractivity contribution in [2.24, 2.45) is 0 Å². The van der Waals surface area contributed by atoms with Crippen LogP contribution in [0.1, 0.15) is 5.56 Å². The third-order valence-corrected chi connectivity index (χ3v) is 3.66. The minimum atomic E-state index is -0.301. The van der Waals surface area contributed by atoms with E-state index in [-0.39, 0.29) is 11.4 Å². The van der Waals surface area contributed by atoms with E-state index in [1.54, 1.807) is 36.1 Å². The molecule has 4 heteroatoms. The number of hydrogen-bond acceptors (Lipinski definition) is 2. The van der Waals surface area contributed by atoms with Gasteiger partial charge in [0.15, 0.2) is 0 Å². The van der Waals surface area contributed by atoms with Crippen LogP contribution >= 0.6 is 0 Å². The third-order valence-electron chi connectivity index (χ3n) is 3.66. The Hall–Kier alpha value is -2.88. The Balaban J connectivity index is 1.86. The van der Waals surface area contributed by atoms with Crippen molar-refractivity contribution in [2.45, 2.75) is 6.54 Å². The van der Waals surface area contributed by atoms with Gasteiger partial charge in [-0.05, 0) is 47.0 Å². The zero-order chi connectivity index (χ0) is 16.2. The predicted molar refractivity (Wildman–Crippen MR) is 88.2 cm³/mol. The van der Waals surface area contributed by atoms with Gasteiger partial charge in [-0.15, -0.1) is 0 Å². The fourth-order valence-corrected chi connectivity index (χ4v) is 2.43. The number of benzene rings is 2. The van der Waals surface area contributed by atoms with Crippen LogP contribution in [0.5, 0.6) is 5.75 Å². The molecular weight excluding hydrogens is 293 g/mol. The van der Waals surface area contributed by atoms with Crippen molar-refractivity contribution in [3.05, 3.63) is 88.6 Å². The monoisotopic (exact) mass is 309 g/mol. The first kappa shape index (κ1) is 15.0. The van der Waals surface area contributed by atoms with E-state index in [1.807, 2.05) is 30.3 Å². The Bertz CT molecular complexity index is 869. The zero-order valence-electron chi connectivity index (χ0n) is 12.7. The van der Waals surface area contributed by atoms with Gasteiger partial charge < -0.3 is 9.30 Å². The van der Waals surface area contributed by atoms with Crippen LogP contribution in [0.3, 0.4) is 0 Å². The first-order valence-electron chi connectivity index (χ1n) is 7.25. The Kier molecular flexibility index (Phi) is 4.24. The van der Waals surface area contributed by atoms with Crippen molar-refractivity contribution >= 4 is 0 Å². The van der Waals surface area contributed by atoms with Crippen LogP contribution in [0.2, 0.25) is 0 Å². The van der Waals surface area contributed by atoms with Gasteiger partial charge in [0, 0.05) is 12.3 Å². The van der Waals surface area contributed by atoms with Crippen LogP contribution in [-0.2, 0) is 6.54 Å². The molecule has 3 nitrogen and oxygen atoms in total. The largest absolute Gasteiger partial charge is 0.497 e. The number of nitrogens with zero attached hydrogens (tertiary/aromatic N) is 1. The number of aromatic nitrogens is 1. The minimum Gasteiger partial charge on any atom is -0.497 e. The molecule has 0 saturated heterocycles. The summed E-state index contributed by atoms with van der Waals surface area (Å²) >= 11 is 0. The van der Waals surface area contributed by atoms with Gasteiger partial charge in [0.05, 0.1) is 13.7 Å². The smallest absolute Gasteiger partial charge is 0.251 e. The molecule has 0 radical (unpaired) electrons. The summed E-state index contributed by atoms with van der Waals surface area (Å²) < 4.78 is 19.9. The molecule has 23 heavy (non-hydrogen) atoms. The highest BCUT2D eigenvalue weighted by Crippen LogP contribution is 2.21. The maximum absolute atomic E-state index is 13.2. The highest BCUT2D eigenvalue weighted by molar-refractivity contribution is 5.63.